The maximum absolute atomic E-state index is 13.8. The summed E-state index contributed by atoms with van der Waals surface area (Å²) in [5, 5.41) is 2.77. The molecule has 10 nitrogen and oxygen atoms in total. The van der Waals surface area contributed by atoms with Crippen LogP contribution in [0.15, 0.2) is 59.5 Å². The lowest BCUT2D eigenvalue weighted by Crippen LogP contribution is -2.41. The van der Waals surface area contributed by atoms with E-state index in [-0.39, 0.29) is 22.9 Å². The largest absolute Gasteiger partial charge is 0.497 e. The van der Waals surface area contributed by atoms with Crippen LogP contribution in [0.4, 0.5) is 5.69 Å². The minimum absolute atomic E-state index is 0.0299. The number of amides is 1. The molecule has 0 aliphatic rings. The van der Waals surface area contributed by atoms with Crippen LogP contribution in [0.25, 0.3) is 0 Å². The fourth-order valence-corrected chi connectivity index (χ4v) is 5.23. The predicted molar refractivity (Wildman–Crippen MR) is 143 cm³/mol. The zero-order chi connectivity index (χ0) is 27.9. The van der Waals surface area contributed by atoms with Gasteiger partial charge >= 0.3 is 0 Å². The molecule has 0 saturated carbocycles. The van der Waals surface area contributed by atoms with Crippen molar-refractivity contribution in [2.75, 3.05) is 46.4 Å². The molecule has 0 aliphatic carbocycles. The van der Waals surface area contributed by atoms with Crippen molar-refractivity contribution in [3.8, 4) is 28.7 Å². The molecule has 0 atom stereocenters. The molecule has 38 heavy (non-hydrogen) atoms. The number of ether oxygens (including phenoxy) is 5. The Morgan fingerprint density at radius 1 is 0.789 bits per heavy atom. The number of aryl methyl sites for hydroxylation is 1. The Hall–Kier alpha value is -4.12. The highest BCUT2D eigenvalue weighted by atomic mass is 32.2. The lowest BCUT2D eigenvalue weighted by atomic mass is 10.1. The summed E-state index contributed by atoms with van der Waals surface area (Å²) in [5.41, 5.74) is 1.67. The summed E-state index contributed by atoms with van der Waals surface area (Å²) in [6, 6.07) is 14.5. The van der Waals surface area contributed by atoms with E-state index in [1.165, 1.54) is 53.7 Å². The average Bonchev–Trinajstić information content (AvgIpc) is 2.93. The molecule has 0 unspecified atom stereocenters. The number of nitrogens with zero attached hydrogens (tertiary/aromatic N) is 1. The SMILES string of the molecule is COc1ccc(OC)c(N(CC(=O)NCc2ccc(OC)c(OC)c2OC)S(=O)(=O)c2ccc(C)cc2)c1. The summed E-state index contributed by atoms with van der Waals surface area (Å²) < 4.78 is 55.5. The number of sulfonamides is 1. The third kappa shape index (κ3) is 6.05. The number of carbonyl (C=O) groups is 1. The number of nitrogens with one attached hydrogen (secondary N) is 1. The molecule has 0 saturated heterocycles. The van der Waals surface area contributed by atoms with Gasteiger partial charge in [-0.25, -0.2) is 8.42 Å². The summed E-state index contributed by atoms with van der Waals surface area (Å²) >= 11 is 0. The van der Waals surface area contributed by atoms with Crippen molar-refractivity contribution >= 4 is 21.6 Å². The zero-order valence-corrected chi connectivity index (χ0v) is 23.0. The molecule has 0 aromatic heterocycles. The van der Waals surface area contributed by atoms with Crippen molar-refractivity contribution in [1.29, 1.82) is 0 Å². The molecule has 3 aromatic rings. The maximum Gasteiger partial charge on any atom is 0.264 e. The predicted octanol–water partition coefficient (Wildman–Crippen LogP) is 3.55. The van der Waals surface area contributed by atoms with Crippen molar-refractivity contribution in [3.05, 3.63) is 65.7 Å². The first kappa shape index (κ1) is 28.5. The highest BCUT2D eigenvalue weighted by Crippen LogP contribution is 2.40. The molecule has 0 spiro atoms. The Balaban J connectivity index is 1.97. The van der Waals surface area contributed by atoms with Crippen molar-refractivity contribution in [3.63, 3.8) is 0 Å². The first-order chi connectivity index (χ1) is 18.2. The molecule has 3 aromatic carbocycles. The number of anilines is 1. The zero-order valence-electron chi connectivity index (χ0n) is 22.2. The molecule has 0 fully saturated rings. The van der Waals surface area contributed by atoms with E-state index in [4.69, 9.17) is 23.7 Å². The summed E-state index contributed by atoms with van der Waals surface area (Å²) in [7, 11) is 3.20. The molecule has 0 radical (unpaired) electrons. The minimum Gasteiger partial charge on any atom is -0.497 e. The van der Waals surface area contributed by atoms with Gasteiger partial charge in [0.15, 0.2) is 11.5 Å². The van der Waals surface area contributed by atoms with Gasteiger partial charge in [0, 0.05) is 18.2 Å². The molecule has 11 heteroatoms. The van der Waals surface area contributed by atoms with E-state index >= 15 is 0 Å². The molecular formula is C27H32N2O8S. The van der Waals surface area contributed by atoms with Crippen LogP contribution in [-0.4, -0.2) is 56.4 Å². The first-order valence-corrected chi connectivity index (χ1v) is 13.0. The molecule has 3 rings (SSSR count). The lowest BCUT2D eigenvalue weighted by Gasteiger charge is -2.26. The van der Waals surface area contributed by atoms with Crippen LogP contribution in [0.5, 0.6) is 28.7 Å². The standard InChI is InChI=1S/C27H32N2O8S/c1-18-7-11-21(12-8-18)38(31,32)29(22-15-20(33-2)10-14-23(22)34-3)17-25(30)28-16-19-9-13-24(35-4)27(37-6)26(19)36-5/h7-15H,16-17H2,1-6H3,(H,28,30). The van der Waals surface area contributed by atoms with Gasteiger partial charge in [-0.15, -0.1) is 0 Å². The van der Waals surface area contributed by atoms with Gasteiger partial charge in [0.2, 0.25) is 11.7 Å². The van der Waals surface area contributed by atoms with Crippen molar-refractivity contribution in [1.82, 2.24) is 5.32 Å². The van der Waals surface area contributed by atoms with Crippen LogP contribution in [0.3, 0.4) is 0 Å². The van der Waals surface area contributed by atoms with Gasteiger partial charge in [-0.3, -0.25) is 9.10 Å². The number of hydrogen-bond donors (Lipinski definition) is 1. The molecular weight excluding hydrogens is 512 g/mol. The van der Waals surface area contributed by atoms with E-state index in [9.17, 15) is 13.2 Å². The molecule has 1 N–H and O–H groups in total. The van der Waals surface area contributed by atoms with Crippen molar-refractivity contribution < 1.29 is 36.9 Å². The fraction of sp³-hybridized carbons (Fsp3) is 0.296. The Morgan fingerprint density at radius 3 is 2.00 bits per heavy atom. The third-order valence-corrected chi connectivity index (χ3v) is 7.59. The van der Waals surface area contributed by atoms with E-state index in [0.29, 0.717) is 28.6 Å². The van der Waals surface area contributed by atoms with Crippen LogP contribution in [0.1, 0.15) is 11.1 Å². The van der Waals surface area contributed by atoms with Gasteiger partial charge in [0.25, 0.3) is 10.0 Å². The van der Waals surface area contributed by atoms with Crippen LogP contribution in [0, 0.1) is 6.92 Å². The van der Waals surface area contributed by atoms with Crippen LogP contribution in [-0.2, 0) is 21.4 Å². The topological polar surface area (TPSA) is 113 Å². The third-order valence-electron chi connectivity index (χ3n) is 5.81. The summed E-state index contributed by atoms with van der Waals surface area (Å²) in [4.78, 5) is 13.2. The minimum atomic E-state index is -4.16. The molecule has 0 bridgehead atoms. The van der Waals surface area contributed by atoms with Crippen LogP contribution >= 0.6 is 0 Å². The van der Waals surface area contributed by atoms with E-state index in [1.54, 1.807) is 36.4 Å². The van der Waals surface area contributed by atoms with Gasteiger partial charge in [-0.2, -0.15) is 0 Å². The summed E-state index contributed by atoms with van der Waals surface area (Å²) in [6.07, 6.45) is 0. The van der Waals surface area contributed by atoms with E-state index in [1.807, 2.05) is 6.92 Å². The number of rotatable bonds is 12. The average molecular weight is 545 g/mol. The van der Waals surface area contributed by atoms with Gasteiger partial charge in [0.05, 0.1) is 46.1 Å². The van der Waals surface area contributed by atoms with Crippen LogP contribution < -0.4 is 33.3 Å². The second kappa shape index (κ2) is 12.4. The van der Waals surface area contributed by atoms with E-state index < -0.39 is 22.5 Å². The highest BCUT2D eigenvalue weighted by molar-refractivity contribution is 7.92. The number of methoxy groups -OCH3 is 5. The molecule has 0 aliphatic heterocycles. The highest BCUT2D eigenvalue weighted by Gasteiger charge is 2.30. The van der Waals surface area contributed by atoms with E-state index in [0.717, 1.165) is 9.87 Å². The van der Waals surface area contributed by atoms with Crippen molar-refractivity contribution in [2.24, 2.45) is 0 Å². The van der Waals surface area contributed by atoms with Gasteiger partial charge in [-0.05, 0) is 43.3 Å². The monoisotopic (exact) mass is 544 g/mol. The molecule has 204 valence electrons. The van der Waals surface area contributed by atoms with Crippen LogP contribution in [0.2, 0.25) is 0 Å². The van der Waals surface area contributed by atoms with Crippen molar-refractivity contribution in [2.45, 2.75) is 18.4 Å². The summed E-state index contributed by atoms with van der Waals surface area (Å²) in [6.45, 7) is 1.39. The van der Waals surface area contributed by atoms with Gasteiger partial charge in [0.1, 0.15) is 18.0 Å². The number of hydrogen-bond acceptors (Lipinski definition) is 8. The molecule has 0 heterocycles. The summed E-state index contributed by atoms with van der Waals surface area (Å²) in [5.74, 6) is 1.36. The Kier molecular flexibility index (Phi) is 9.30. The smallest absolute Gasteiger partial charge is 0.264 e. The normalized spacial score (nSPS) is 10.9. The second-order valence-corrected chi connectivity index (χ2v) is 9.99. The number of carbonyl (C=O) groups excluding carboxylic acids is 1. The Morgan fingerprint density at radius 2 is 1.42 bits per heavy atom. The van der Waals surface area contributed by atoms with E-state index in [2.05, 4.69) is 5.32 Å². The molecule has 1 amide bonds. The fourth-order valence-electron chi connectivity index (χ4n) is 3.81. The first-order valence-electron chi connectivity index (χ1n) is 11.6. The number of benzene rings is 3. The van der Waals surface area contributed by atoms with Gasteiger partial charge < -0.3 is 29.0 Å². The van der Waals surface area contributed by atoms with Gasteiger partial charge in [-0.1, -0.05) is 17.7 Å². The quantitative estimate of drug-likeness (QED) is 0.368. The Bertz CT molecular complexity index is 1370. The maximum atomic E-state index is 13.8. The Labute approximate surface area is 223 Å². The second-order valence-electron chi connectivity index (χ2n) is 8.13. The lowest BCUT2D eigenvalue weighted by molar-refractivity contribution is -0.119.